The van der Waals surface area contributed by atoms with Gasteiger partial charge in [0, 0.05) is 84.0 Å². The highest BCUT2D eigenvalue weighted by atomic mass is 127. The third kappa shape index (κ3) is 7.51. The van der Waals surface area contributed by atoms with Gasteiger partial charge in [-0.1, -0.05) is 0 Å². The molecule has 3 heterocycles. The van der Waals surface area contributed by atoms with Gasteiger partial charge in [0.2, 0.25) is 5.91 Å². The second-order valence-corrected chi connectivity index (χ2v) is 8.41. The van der Waals surface area contributed by atoms with Crippen LogP contribution in [0.3, 0.4) is 0 Å². The summed E-state index contributed by atoms with van der Waals surface area (Å²) in [5.41, 5.74) is 0. The highest BCUT2D eigenvalue weighted by Gasteiger charge is 2.24. The Hall–Kier alpha value is -0.300. The van der Waals surface area contributed by atoms with Gasteiger partial charge in [-0.05, 0) is 0 Å². The maximum Gasteiger partial charge on any atom is 0.236 e. The standard InChI is InChI=1S/C18H34N6O2S.HI/c1-19-18(20-2-3-21-10-14-27-15-11-21)24-6-4-22(5-7-24)16-17(25)23-8-12-26-13-9-23;/h2-16H2,1H3,(H,19,20);1H. The van der Waals surface area contributed by atoms with Crippen molar-refractivity contribution in [2.75, 3.05) is 104 Å². The van der Waals surface area contributed by atoms with Crippen molar-refractivity contribution in [3.05, 3.63) is 0 Å². The average Bonchev–Trinajstić information content (AvgIpc) is 2.73. The van der Waals surface area contributed by atoms with Crippen molar-refractivity contribution >= 4 is 47.6 Å². The molecule has 0 aromatic carbocycles. The van der Waals surface area contributed by atoms with E-state index in [9.17, 15) is 4.79 Å². The average molecular weight is 526 g/mol. The number of carbonyl (C=O) groups is 1. The van der Waals surface area contributed by atoms with Gasteiger partial charge in [-0.15, -0.1) is 24.0 Å². The molecule has 28 heavy (non-hydrogen) atoms. The van der Waals surface area contributed by atoms with Crippen LogP contribution in [-0.4, -0.2) is 135 Å². The fourth-order valence-electron chi connectivity index (χ4n) is 3.70. The van der Waals surface area contributed by atoms with E-state index < -0.39 is 0 Å². The van der Waals surface area contributed by atoms with Crippen molar-refractivity contribution in [3.63, 3.8) is 0 Å². The molecule has 1 amide bonds. The Morgan fingerprint density at radius 3 is 2.29 bits per heavy atom. The molecule has 3 fully saturated rings. The van der Waals surface area contributed by atoms with E-state index >= 15 is 0 Å². The number of carbonyl (C=O) groups excluding carboxylic acids is 1. The van der Waals surface area contributed by atoms with E-state index in [1.54, 1.807) is 0 Å². The SMILES string of the molecule is CN=C(NCCN1CCSCC1)N1CCN(CC(=O)N2CCOCC2)CC1.I. The van der Waals surface area contributed by atoms with E-state index in [-0.39, 0.29) is 29.9 Å². The van der Waals surface area contributed by atoms with E-state index in [2.05, 4.69) is 25.0 Å². The molecule has 8 nitrogen and oxygen atoms in total. The van der Waals surface area contributed by atoms with Crippen LogP contribution in [0.4, 0.5) is 0 Å². The molecule has 3 aliphatic rings. The molecule has 10 heteroatoms. The number of guanidine groups is 1. The Kier molecular flexibility index (Phi) is 11.2. The first-order chi connectivity index (χ1) is 13.3. The highest BCUT2D eigenvalue weighted by molar-refractivity contribution is 14.0. The molecule has 1 N–H and O–H groups in total. The van der Waals surface area contributed by atoms with Gasteiger partial charge in [0.1, 0.15) is 0 Å². The van der Waals surface area contributed by atoms with Gasteiger partial charge in [0.05, 0.1) is 19.8 Å². The summed E-state index contributed by atoms with van der Waals surface area (Å²) >= 11 is 2.05. The summed E-state index contributed by atoms with van der Waals surface area (Å²) in [5.74, 6) is 3.72. The Balaban J connectivity index is 0.00000280. The Morgan fingerprint density at radius 2 is 1.64 bits per heavy atom. The van der Waals surface area contributed by atoms with Crippen LogP contribution in [0.5, 0.6) is 0 Å². The van der Waals surface area contributed by atoms with E-state index in [0.29, 0.717) is 19.8 Å². The van der Waals surface area contributed by atoms with Gasteiger partial charge in [0.25, 0.3) is 0 Å². The smallest absolute Gasteiger partial charge is 0.236 e. The topological polar surface area (TPSA) is 63.7 Å². The van der Waals surface area contributed by atoms with Crippen molar-refractivity contribution in [1.82, 2.24) is 24.9 Å². The lowest BCUT2D eigenvalue weighted by molar-refractivity contribution is -0.136. The van der Waals surface area contributed by atoms with Gasteiger partial charge in [-0.25, -0.2) is 0 Å². The summed E-state index contributed by atoms with van der Waals surface area (Å²) in [5, 5.41) is 3.51. The maximum absolute atomic E-state index is 12.4. The number of hydrogen-bond donors (Lipinski definition) is 1. The van der Waals surface area contributed by atoms with Crippen LogP contribution < -0.4 is 5.32 Å². The molecular formula is C18H35IN6O2S. The first-order valence-electron chi connectivity index (χ1n) is 10.1. The lowest BCUT2D eigenvalue weighted by atomic mass is 10.3. The molecule has 0 aromatic heterocycles. The van der Waals surface area contributed by atoms with Crippen LogP contribution >= 0.6 is 35.7 Å². The van der Waals surface area contributed by atoms with Gasteiger partial charge < -0.3 is 19.9 Å². The van der Waals surface area contributed by atoms with Crippen LogP contribution in [0.25, 0.3) is 0 Å². The maximum atomic E-state index is 12.4. The van der Waals surface area contributed by atoms with Crippen molar-refractivity contribution in [3.8, 4) is 0 Å². The summed E-state index contributed by atoms with van der Waals surface area (Å²) in [7, 11) is 1.86. The Bertz CT molecular complexity index is 492. The highest BCUT2D eigenvalue weighted by Crippen LogP contribution is 2.08. The van der Waals surface area contributed by atoms with Crippen LogP contribution in [-0.2, 0) is 9.53 Å². The molecule has 0 atom stereocenters. The number of nitrogens with one attached hydrogen (secondary N) is 1. The minimum atomic E-state index is 0. The monoisotopic (exact) mass is 526 g/mol. The van der Waals surface area contributed by atoms with Crippen molar-refractivity contribution in [2.24, 2.45) is 4.99 Å². The fourth-order valence-corrected chi connectivity index (χ4v) is 4.68. The Morgan fingerprint density at radius 1 is 0.964 bits per heavy atom. The Labute approximate surface area is 190 Å². The quantitative estimate of drug-likeness (QED) is 0.300. The number of halogens is 1. The molecule has 0 saturated carbocycles. The number of thioether (sulfide) groups is 1. The first-order valence-corrected chi connectivity index (χ1v) is 11.3. The zero-order chi connectivity index (χ0) is 18.9. The van der Waals surface area contributed by atoms with E-state index in [1.165, 1.54) is 24.6 Å². The van der Waals surface area contributed by atoms with Gasteiger partial charge >= 0.3 is 0 Å². The number of piperazine rings is 1. The van der Waals surface area contributed by atoms with Crippen LogP contribution in [0.15, 0.2) is 4.99 Å². The summed E-state index contributed by atoms with van der Waals surface area (Å²) in [6.45, 7) is 11.3. The second kappa shape index (κ2) is 13.1. The van der Waals surface area contributed by atoms with Gasteiger partial charge in [-0.3, -0.25) is 19.6 Å². The third-order valence-corrected chi connectivity index (χ3v) is 6.36. The summed E-state index contributed by atoms with van der Waals surface area (Å²) < 4.78 is 5.33. The number of hydrogen-bond acceptors (Lipinski definition) is 6. The zero-order valence-electron chi connectivity index (χ0n) is 17.0. The summed E-state index contributed by atoms with van der Waals surface area (Å²) in [4.78, 5) is 25.9. The first kappa shape index (κ1) is 24.0. The predicted octanol–water partition coefficient (Wildman–Crippen LogP) is -0.295. The predicted molar refractivity (Wildman–Crippen MR) is 126 cm³/mol. The van der Waals surface area contributed by atoms with Crippen LogP contribution in [0.1, 0.15) is 0 Å². The molecular weight excluding hydrogens is 491 g/mol. The zero-order valence-corrected chi connectivity index (χ0v) is 20.1. The van der Waals surface area contributed by atoms with Crippen LogP contribution in [0.2, 0.25) is 0 Å². The van der Waals surface area contributed by atoms with E-state index in [0.717, 1.165) is 58.3 Å². The summed E-state index contributed by atoms with van der Waals surface area (Å²) in [6.07, 6.45) is 0. The minimum Gasteiger partial charge on any atom is -0.378 e. The molecule has 0 bridgehead atoms. The lowest BCUT2D eigenvalue weighted by Gasteiger charge is -2.37. The van der Waals surface area contributed by atoms with Crippen molar-refractivity contribution in [1.29, 1.82) is 0 Å². The van der Waals surface area contributed by atoms with Crippen LogP contribution in [0, 0.1) is 0 Å². The molecule has 0 unspecified atom stereocenters. The molecule has 162 valence electrons. The lowest BCUT2D eigenvalue weighted by Crippen LogP contribution is -2.55. The molecule has 3 saturated heterocycles. The van der Waals surface area contributed by atoms with Gasteiger partial charge in [0.15, 0.2) is 5.96 Å². The molecule has 0 spiro atoms. The number of rotatable bonds is 5. The largest absolute Gasteiger partial charge is 0.378 e. The van der Waals surface area contributed by atoms with E-state index in [1.807, 2.05) is 23.7 Å². The molecule has 0 aliphatic carbocycles. The fraction of sp³-hybridized carbons (Fsp3) is 0.889. The number of ether oxygens (including phenoxy) is 1. The normalized spacial score (nSPS) is 22.7. The number of morpholine rings is 1. The van der Waals surface area contributed by atoms with Crippen molar-refractivity contribution < 1.29 is 9.53 Å². The number of nitrogens with zero attached hydrogens (tertiary/aromatic N) is 5. The molecule has 3 rings (SSSR count). The number of aliphatic imine (C=N–C) groups is 1. The molecule has 0 radical (unpaired) electrons. The summed E-state index contributed by atoms with van der Waals surface area (Å²) in [6, 6.07) is 0. The van der Waals surface area contributed by atoms with Crippen molar-refractivity contribution in [2.45, 2.75) is 0 Å². The minimum absolute atomic E-state index is 0. The molecule has 0 aromatic rings. The van der Waals surface area contributed by atoms with Gasteiger partial charge in [-0.2, -0.15) is 11.8 Å². The molecule has 3 aliphatic heterocycles. The second-order valence-electron chi connectivity index (χ2n) is 7.18. The van der Waals surface area contributed by atoms with E-state index in [4.69, 9.17) is 4.74 Å². The third-order valence-electron chi connectivity index (χ3n) is 5.42. The number of amides is 1.